The largest absolute Gasteiger partial charge is 1.00 e. The third-order valence-corrected chi connectivity index (χ3v) is 2.48. The first kappa shape index (κ1) is 22.9. The first-order valence-electron chi connectivity index (χ1n) is 6.46. The van der Waals surface area contributed by atoms with Crippen molar-refractivity contribution in [2.75, 3.05) is 0 Å². The molecule has 0 fully saturated rings. The third kappa shape index (κ3) is 10.1. The fourth-order valence-electron chi connectivity index (χ4n) is 1.66. The van der Waals surface area contributed by atoms with E-state index < -0.39 is 0 Å². The Labute approximate surface area is 155 Å². The van der Waals surface area contributed by atoms with E-state index in [1.807, 2.05) is 12.2 Å². The van der Waals surface area contributed by atoms with Crippen LogP contribution in [0.5, 0.6) is 0 Å². The second-order valence-corrected chi connectivity index (χ2v) is 7.06. The van der Waals surface area contributed by atoms with Crippen molar-refractivity contribution in [2.24, 2.45) is 0 Å². The fraction of sp³-hybridized carbons (Fsp3) is 0.222. The van der Waals surface area contributed by atoms with Gasteiger partial charge in [-0.3, -0.25) is 6.08 Å². The van der Waals surface area contributed by atoms with Gasteiger partial charge in [0, 0.05) is 0 Å². The Kier molecular flexibility index (Phi) is 14.5. The van der Waals surface area contributed by atoms with Crippen molar-refractivity contribution in [3.63, 3.8) is 0 Å². The second kappa shape index (κ2) is 13.3. The van der Waals surface area contributed by atoms with Crippen LogP contribution in [0.25, 0.3) is 10.8 Å². The maximum Gasteiger partial charge on any atom is -0.0488 e. The number of rotatable bonds is 0. The molecular weight excluding hydrogens is 378 g/mol. The molecule has 0 saturated carbocycles. The van der Waals surface area contributed by atoms with E-state index in [1.165, 1.54) is 19.5 Å². The normalized spacial score (nSPS) is 10.5. The SMILES string of the molecule is C[C](C)=[Zr+2].Cc1cccc2[cH-]ccc12.[C-]1=CC=CC1.[Cl-].[Cl-]. The van der Waals surface area contributed by atoms with Crippen molar-refractivity contribution in [3.05, 3.63) is 66.3 Å². The molecule has 0 nitrogen and oxygen atoms in total. The summed E-state index contributed by atoms with van der Waals surface area (Å²) < 4.78 is 1.51. The summed E-state index contributed by atoms with van der Waals surface area (Å²) in [5.41, 5.74) is 1.36. The van der Waals surface area contributed by atoms with E-state index in [0.717, 1.165) is 6.42 Å². The number of hydrogen-bond donors (Lipinski definition) is 0. The van der Waals surface area contributed by atoms with Gasteiger partial charge in [-0.25, -0.2) is 12.2 Å². The molecule has 0 heterocycles. The van der Waals surface area contributed by atoms with E-state index in [1.54, 1.807) is 24.2 Å². The quantitative estimate of drug-likeness (QED) is 0.496. The predicted octanol–water partition coefficient (Wildman–Crippen LogP) is -1.07. The first-order chi connectivity index (χ1) is 9.11. The van der Waals surface area contributed by atoms with Gasteiger partial charge in [0.05, 0.1) is 0 Å². The Morgan fingerprint density at radius 2 is 1.86 bits per heavy atom. The van der Waals surface area contributed by atoms with E-state index in [4.69, 9.17) is 0 Å². The van der Waals surface area contributed by atoms with Crippen molar-refractivity contribution >= 4 is 14.0 Å². The van der Waals surface area contributed by atoms with Crippen LogP contribution < -0.4 is 24.8 Å². The molecule has 3 rings (SSSR count). The van der Waals surface area contributed by atoms with E-state index in [0.29, 0.717) is 0 Å². The molecule has 0 saturated heterocycles. The van der Waals surface area contributed by atoms with Gasteiger partial charge >= 0.3 is 41.3 Å². The molecule has 0 atom stereocenters. The van der Waals surface area contributed by atoms with Gasteiger partial charge in [-0.1, -0.05) is 11.6 Å². The van der Waals surface area contributed by atoms with Gasteiger partial charge in [-0.05, 0) is 6.92 Å². The molecule has 0 aliphatic heterocycles. The molecule has 0 spiro atoms. The van der Waals surface area contributed by atoms with Crippen LogP contribution in [0.2, 0.25) is 0 Å². The Morgan fingerprint density at radius 1 is 1.19 bits per heavy atom. The van der Waals surface area contributed by atoms with Gasteiger partial charge < -0.3 is 24.8 Å². The average Bonchev–Trinajstić information content (AvgIpc) is 3.03. The third-order valence-electron chi connectivity index (χ3n) is 2.48. The second-order valence-electron chi connectivity index (χ2n) is 4.61. The smallest absolute Gasteiger partial charge is 0.0488 e. The summed E-state index contributed by atoms with van der Waals surface area (Å²) in [6.07, 6.45) is 10.0. The molecule has 3 heteroatoms. The number of aryl methyl sites for hydroxylation is 1. The van der Waals surface area contributed by atoms with Crippen LogP contribution in [0, 0.1) is 13.0 Å². The molecule has 0 N–H and O–H groups in total. The predicted molar refractivity (Wildman–Crippen MR) is 82.2 cm³/mol. The summed E-state index contributed by atoms with van der Waals surface area (Å²) >= 11 is 1.55. The zero-order valence-corrected chi connectivity index (χ0v) is 16.6. The molecule has 112 valence electrons. The summed E-state index contributed by atoms with van der Waals surface area (Å²) in [4.78, 5) is 0. The van der Waals surface area contributed by atoms with Gasteiger partial charge in [0.1, 0.15) is 0 Å². The van der Waals surface area contributed by atoms with Crippen molar-refractivity contribution in [3.8, 4) is 0 Å². The van der Waals surface area contributed by atoms with Crippen LogP contribution in [0.3, 0.4) is 0 Å². The Balaban J connectivity index is 0. The number of halogens is 2. The van der Waals surface area contributed by atoms with Gasteiger partial charge in [0.25, 0.3) is 0 Å². The van der Waals surface area contributed by atoms with E-state index in [2.05, 4.69) is 69.3 Å². The monoisotopic (exact) mass is 396 g/mol. The van der Waals surface area contributed by atoms with Gasteiger partial charge in [-0.15, -0.1) is 35.4 Å². The number of benzene rings is 1. The van der Waals surface area contributed by atoms with E-state index in [-0.39, 0.29) is 24.8 Å². The van der Waals surface area contributed by atoms with E-state index in [9.17, 15) is 0 Å². The molecule has 1 aliphatic carbocycles. The van der Waals surface area contributed by atoms with Crippen LogP contribution in [-0.2, 0) is 24.2 Å². The Morgan fingerprint density at radius 3 is 2.29 bits per heavy atom. The van der Waals surface area contributed by atoms with Crippen LogP contribution in [0.1, 0.15) is 25.8 Å². The molecule has 21 heavy (non-hydrogen) atoms. The van der Waals surface area contributed by atoms with Crippen LogP contribution >= 0.6 is 0 Å². The van der Waals surface area contributed by atoms with E-state index >= 15 is 0 Å². The summed E-state index contributed by atoms with van der Waals surface area (Å²) in [5.74, 6) is 0. The van der Waals surface area contributed by atoms with Crippen LogP contribution in [0.4, 0.5) is 0 Å². The van der Waals surface area contributed by atoms with Crippen molar-refractivity contribution < 1.29 is 49.0 Å². The summed E-state index contributed by atoms with van der Waals surface area (Å²) in [6.45, 7) is 6.39. The summed E-state index contributed by atoms with van der Waals surface area (Å²) in [6, 6.07) is 12.8. The standard InChI is InChI=1S/C10H9.C5H5.C3H6.2ClH.Zr/c1-8-4-2-5-9-6-3-7-10(8)9;1-2-4-5-3-1;1-3-2;;;/h2-7H,1H3;1-3H,4H2;1-2H3;2*1H;/q2*-1;;;;+2/p-2. The van der Waals surface area contributed by atoms with Crippen LogP contribution in [0.15, 0.2) is 54.6 Å². The van der Waals surface area contributed by atoms with Crippen LogP contribution in [-0.4, -0.2) is 3.21 Å². The fourth-order valence-corrected chi connectivity index (χ4v) is 1.66. The van der Waals surface area contributed by atoms with Gasteiger partial charge in [0.15, 0.2) is 0 Å². The van der Waals surface area contributed by atoms with Crippen molar-refractivity contribution in [1.82, 2.24) is 0 Å². The average molecular weight is 398 g/mol. The molecule has 1 aliphatic rings. The zero-order chi connectivity index (χ0) is 14.1. The first-order valence-corrected chi connectivity index (χ1v) is 7.68. The van der Waals surface area contributed by atoms with Crippen molar-refractivity contribution in [2.45, 2.75) is 27.2 Å². The molecular formula is C18H20Cl2Zr-2. The molecule has 0 unspecified atom stereocenters. The zero-order valence-electron chi connectivity index (χ0n) is 12.7. The number of allylic oxidation sites excluding steroid dienone is 4. The maximum absolute atomic E-state index is 2.99. The topological polar surface area (TPSA) is 0 Å². The number of fused-ring (bicyclic) bond motifs is 1. The minimum atomic E-state index is 0. The minimum Gasteiger partial charge on any atom is -1.00 e. The Bertz CT molecular complexity index is 566. The molecule has 0 aromatic heterocycles. The maximum atomic E-state index is 2.99. The van der Waals surface area contributed by atoms with Crippen molar-refractivity contribution in [1.29, 1.82) is 0 Å². The molecule has 2 aromatic rings. The minimum absolute atomic E-state index is 0. The Hall–Kier alpha value is -0.357. The molecule has 2 aromatic carbocycles. The number of hydrogen-bond acceptors (Lipinski definition) is 0. The van der Waals surface area contributed by atoms with Gasteiger partial charge in [-0.2, -0.15) is 18.2 Å². The molecule has 0 radical (unpaired) electrons. The van der Waals surface area contributed by atoms with Gasteiger partial charge in [0.2, 0.25) is 0 Å². The summed E-state index contributed by atoms with van der Waals surface area (Å²) in [7, 11) is 0. The summed E-state index contributed by atoms with van der Waals surface area (Å²) in [5, 5.41) is 2.72. The molecule has 0 amide bonds. The molecule has 0 bridgehead atoms.